The van der Waals surface area contributed by atoms with Crippen molar-refractivity contribution in [3.8, 4) is 0 Å². The third-order valence-corrected chi connectivity index (χ3v) is 6.03. The summed E-state index contributed by atoms with van der Waals surface area (Å²) in [5.74, 6) is -0.353. The molecule has 122 valence electrons. The van der Waals surface area contributed by atoms with Crippen LogP contribution in [0.3, 0.4) is 0 Å². The maximum Gasteiger partial charge on any atom is 0.248 e. The Morgan fingerprint density at radius 3 is 2.65 bits per heavy atom. The first-order valence-corrected chi connectivity index (χ1v) is 9.25. The normalized spacial score (nSPS) is 12.0. The number of rotatable bonds is 5. The van der Waals surface area contributed by atoms with Gasteiger partial charge >= 0.3 is 0 Å². The van der Waals surface area contributed by atoms with Gasteiger partial charge in [-0.2, -0.15) is 0 Å². The lowest BCUT2D eigenvalue weighted by atomic mass is 10.3. The molecule has 8 heteroatoms. The Balaban J connectivity index is 2.20. The molecule has 0 saturated carbocycles. The van der Waals surface area contributed by atoms with E-state index in [4.69, 9.17) is 11.6 Å². The van der Waals surface area contributed by atoms with Crippen LogP contribution in [0, 0.1) is 0 Å². The Kier molecular flexibility index (Phi) is 5.59. The van der Waals surface area contributed by atoms with E-state index >= 15 is 0 Å². The maximum atomic E-state index is 12.2. The quantitative estimate of drug-likeness (QED) is 0.821. The molecule has 0 unspecified atom stereocenters. The summed E-state index contributed by atoms with van der Waals surface area (Å²) in [6.45, 7) is 0. The van der Waals surface area contributed by atoms with Crippen LogP contribution in [0.25, 0.3) is 6.08 Å². The van der Waals surface area contributed by atoms with Crippen molar-refractivity contribution in [1.82, 2.24) is 4.31 Å². The Morgan fingerprint density at radius 1 is 1.30 bits per heavy atom. The lowest BCUT2D eigenvalue weighted by Gasteiger charge is -2.14. The van der Waals surface area contributed by atoms with Gasteiger partial charge in [-0.15, -0.1) is 11.3 Å². The predicted octanol–water partition coefficient (Wildman–Crippen LogP) is 3.30. The molecule has 23 heavy (non-hydrogen) atoms. The lowest BCUT2D eigenvalue weighted by molar-refractivity contribution is -0.111. The highest BCUT2D eigenvalue weighted by Gasteiger charge is 2.21. The summed E-state index contributed by atoms with van der Waals surface area (Å²) >= 11 is 7.47. The fourth-order valence-electron chi connectivity index (χ4n) is 1.70. The van der Waals surface area contributed by atoms with Gasteiger partial charge in [-0.05, 0) is 35.7 Å². The van der Waals surface area contributed by atoms with Crippen molar-refractivity contribution in [2.75, 3.05) is 19.4 Å². The van der Waals surface area contributed by atoms with Crippen molar-refractivity contribution >= 4 is 50.6 Å². The molecule has 1 aromatic carbocycles. The lowest BCUT2D eigenvalue weighted by Crippen LogP contribution is -2.22. The monoisotopic (exact) mass is 370 g/mol. The molecule has 5 nitrogen and oxygen atoms in total. The molecular weight excluding hydrogens is 356 g/mol. The van der Waals surface area contributed by atoms with E-state index in [-0.39, 0.29) is 15.8 Å². The fraction of sp³-hybridized carbons (Fsp3) is 0.133. The van der Waals surface area contributed by atoms with Crippen molar-refractivity contribution in [3.63, 3.8) is 0 Å². The van der Waals surface area contributed by atoms with Gasteiger partial charge in [0.05, 0.1) is 5.02 Å². The third kappa shape index (κ3) is 4.42. The summed E-state index contributed by atoms with van der Waals surface area (Å²) in [5.41, 5.74) is 0.357. The van der Waals surface area contributed by atoms with Crippen LogP contribution in [0.15, 0.2) is 46.7 Å². The molecule has 0 fully saturated rings. The molecule has 0 spiro atoms. The number of benzene rings is 1. The standard InChI is InChI=1S/C15H15ClN2O3S2/c1-18(2)23(20,21)14-10-11(5-7-13(14)16)17-15(19)8-6-12-4-3-9-22-12/h3-10H,1-2H3,(H,17,19)/b8-6+. The van der Waals surface area contributed by atoms with E-state index in [1.165, 1.54) is 43.6 Å². The Bertz CT molecular complexity index is 828. The summed E-state index contributed by atoms with van der Waals surface area (Å²) < 4.78 is 25.4. The van der Waals surface area contributed by atoms with E-state index in [1.807, 2.05) is 17.5 Å². The molecule has 0 radical (unpaired) electrons. The highest BCUT2D eigenvalue weighted by Crippen LogP contribution is 2.26. The number of hydrogen-bond acceptors (Lipinski definition) is 4. The van der Waals surface area contributed by atoms with Gasteiger partial charge in [0.15, 0.2) is 0 Å². The average Bonchev–Trinajstić information content (AvgIpc) is 3.00. The van der Waals surface area contributed by atoms with Crippen molar-refractivity contribution < 1.29 is 13.2 Å². The smallest absolute Gasteiger partial charge is 0.248 e. The zero-order valence-corrected chi connectivity index (χ0v) is 14.9. The number of amides is 1. The number of halogens is 1. The largest absolute Gasteiger partial charge is 0.322 e. The van der Waals surface area contributed by atoms with Gasteiger partial charge in [0.25, 0.3) is 0 Å². The molecule has 2 aromatic rings. The number of nitrogens with zero attached hydrogens (tertiary/aromatic N) is 1. The Morgan fingerprint density at radius 2 is 2.04 bits per heavy atom. The maximum absolute atomic E-state index is 12.2. The van der Waals surface area contributed by atoms with Crippen LogP contribution in [0.1, 0.15) is 4.88 Å². The molecule has 1 N–H and O–H groups in total. The van der Waals surface area contributed by atoms with Crippen molar-refractivity contribution in [2.24, 2.45) is 0 Å². The second-order valence-corrected chi connectivity index (χ2v) is 8.28. The van der Waals surface area contributed by atoms with Gasteiger partial charge in [-0.3, -0.25) is 4.79 Å². The number of nitrogens with one attached hydrogen (secondary N) is 1. The molecule has 0 aliphatic heterocycles. The van der Waals surface area contributed by atoms with Crippen LogP contribution in [0.4, 0.5) is 5.69 Å². The predicted molar refractivity (Wildman–Crippen MR) is 94.3 cm³/mol. The number of hydrogen-bond donors (Lipinski definition) is 1. The summed E-state index contributed by atoms with van der Waals surface area (Å²) in [4.78, 5) is 12.8. The topological polar surface area (TPSA) is 66.5 Å². The third-order valence-electron chi connectivity index (χ3n) is 2.90. The second-order valence-electron chi connectivity index (χ2n) is 4.77. The minimum atomic E-state index is -3.68. The van der Waals surface area contributed by atoms with E-state index in [0.29, 0.717) is 5.69 Å². The molecule has 1 heterocycles. The highest BCUT2D eigenvalue weighted by molar-refractivity contribution is 7.89. The highest BCUT2D eigenvalue weighted by atomic mass is 35.5. The SMILES string of the molecule is CN(C)S(=O)(=O)c1cc(NC(=O)/C=C/c2cccs2)ccc1Cl. The van der Waals surface area contributed by atoms with Gasteiger partial charge in [0.1, 0.15) is 4.90 Å². The van der Waals surface area contributed by atoms with E-state index in [0.717, 1.165) is 9.18 Å². The van der Waals surface area contributed by atoms with Gasteiger partial charge < -0.3 is 5.32 Å². The zero-order chi connectivity index (χ0) is 17.0. The summed E-state index contributed by atoms with van der Waals surface area (Å²) in [7, 11) is -0.845. The fourth-order valence-corrected chi connectivity index (χ4v) is 3.72. The van der Waals surface area contributed by atoms with Gasteiger partial charge in [0.2, 0.25) is 15.9 Å². The molecule has 0 atom stereocenters. The van der Waals surface area contributed by atoms with E-state index in [9.17, 15) is 13.2 Å². The molecule has 0 saturated heterocycles. The van der Waals surface area contributed by atoms with Crippen molar-refractivity contribution in [1.29, 1.82) is 0 Å². The van der Waals surface area contributed by atoms with Crippen LogP contribution in [-0.4, -0.2) is 32.7 Å². The van der Waals surface area contributed by atoms with E-state index in [2.05, 4.69) is 5.32 Å². The van der Waals surface area contributed by atoms with Crippen LogP contribution in [0.5, 0.6) is 0 Å². The molecule has 1 aromatic heterocycles. The molecule has 1 amide bonds. The summed E-state index contributed by atoms with van der Waals surface area (Å²) in [5, 5.41) is 4.63. The molecule has 0 bridgehead atoms. The second kappa shape index (κ2) is 7.27. The molecular formula is C15H15ClN2O3S2. The number of anilines is 1. The van der Waals surface area contributed by atoms with Crippen LogP contribution in [-0.2, 0) is 14.8 Å². The van der Waals surface area contributed by atoms with Gasteiger partial charge in [-0.25, -0.2) is 12.7 Å². The molecule has 0 aliphatic carbocycles. The van der Waals surface area contributed by atoms with Crippen molar-refractivity contribution in [3.05, 3.63) is 51.7 Å². The summed E-state index contributed by atoms with van der Waals surface area (Å²) in [6.07, 6.45) is 3.08. The minimum Gasteiger partial charge on any atom is -0.322 e. The average molecular weight is 371 g/mol. The van der Waals surface area contributed by atoms with Crippen molar-refractivity contribution in [2.45, 2.75) is 4.90 Å². The first kappa shape index (κ1) is 17.7. The number of carbonyl (C=O) groups is 1. The van der Waals surface area contributed by atoms with Crippen LogP contribution >= 0.6 is 22.9 Å². The minimum absolute atomic E-state index is 0.0517. The number of sulfonamides is 1. The van der Waals surface area contributed by atoms with Crippen LogP contribution in [0.2, 0.25) is 5.02 Å². The Hall–Kier alpha value is -1.67. The van der Waals surface area contributed by atoms with E-state index in [1.54, 1.807) is 12.1 Å². The first-order valence-electron chi connectivity index (χ1n) is 6.55. The first-order chi connectivity index (χ1) is 10.8. The van der Waals surface area contributed by atoms with Gasteiger partial charge in [0, 0.05) is 30.7 Å². The number of thiophene rings is 1. The van der Waals surface area contributed by atoms with Crippen LogP contribution < -0.4 is 5.32 Å². The molecule has 0 aliphatic rings. The van der Waals surface area contributed by atoms with Gasteiger partial charge in [-0.1, -0.05) is 17.7 Å². The number of carbonyl (C=O) groups excluding carboxylic acids is 1. The summed E-state index contributed by atoms with van der Waals surface area (Å²) in [6, 6.07) is 8.11. The van der Waals surface area contributed by atoms with E-state index < -0.39 is 10.0 Å². The molecule has 2 rings (SSSR count). The zero-order valence-electron chi connectivity index (χ0n) is 12.5. The Labute approximate surface area is 144 Å².